The second-order valence-corrected chi connectivity index (χ2v) is 3.78. The summed E-state index contributed by atoms with van der Waals surface area (Å²) in [6.45, 7) is 6.28. The topological polar surface area (TPSA) is 68.0 Å². The van der Waals surface area contributed by atoms with Gasteiger partial charge in [0.25, 0.3) is 0 Å². The Morgan fingerprint density at radius 2 is 2.35 bits per heavy atom. The van der Waals surface area contributed by atoms with Gasteiger partial charge in [-0.15, -0.1) is 6.58 Å². The van der Waals surface area contributed by atoms with E-state index in [0.29, 0.717) is 25.3 Å². The summed E-state index contributed by atoms with van der Waals surface area (Å²) in [6, 6.07) is 0. The predicted molar refractivity (Wildman–Crippen MR) is 64.4 cm³/mol. The molecule has 1 aromatic rings. The van der Waals surface area contributed by atoms with Gasteiger partial charge in [-0.05, 0) is 12.8 Å². The van der Waals surface area contributed by atoms with Gasteiger partial charge in [0.2, 0.25) is 11.8 Å². The van der Waals surface area contributed by atoms with Crippen molar-refractivity contribution in [3.63, 3.8) is 0 Å². The summed E-state index contributed by atoms with van der Waals surface area (Å²) in [4.78, 5) is 15.6. The minimum absolute atomic E-state index is 0.00194. The van der Waals surface area contributed by atoms with E-state index in [0.717, 1.165) is 25.1 Å². The molecule has 0 spiro atoms. The molecule has 1 rings (SSSR count). The van der Waals surface area contributed by atoms with Crippen LogP contribution in [0.1, 0.15) is 37.9 Å². The standard InChI is InChI=1S/C12H19N3O2/c1-3-5-9-13-11(16)7-8-12-14-10(6-4-2)15-17-12/h3H,1,4-9H2,2H3,(H,13,16). The SMILES string of the molecule is C=CCCNC(=O)CCc1nc(CCC)no1. The zero-order valence-electron chi connectivity index (χ0n) is 10.2. The van der Waals surface area contributed by atoms with Gasteiger partial charge in [-0.3, -0.25) is 4.79 Å². The third kappa shape index (κ3) is 5.29. The molecule has 0 unspecified atom stereocenters. The summed E-state index contributed by atoms with van der Waals surface area (Å²) in [5.41, 5.74) is 0. The van der Waals surface area contributed by atoms with Crippen LogP contribution in [0.4, 0.5) is 0 Å². The first-order valence-corrected chi connectivity index (χ1v) is 5.95. The number of carbonyl (C=O) groups excluding carboxylic acids is 1. The van der Waals surface area contributed by atoms with Crippen molar-refractivity contribution in [1.29, 1.82) is 0 Å². The maximum Gasteiger partial charge on any atom is 0.227 e. The fourth-order valence-corrected chi connectivity index (χ4v) is 1.34. The molecule has 0 aliphatic rings. The third-order valence-electron chi connectivity index (χ3n) is 2.22. The molecule has 0 aliphatic heterocycles. The van der Waals surface area contributed by atoms with Crippen molar-refractivity contribution in [3.05, 3.63) is 24.4 Å². The van der Waals surface area contributed by atoms with E-state index in [1.165, 1.54) is 0 Å². The van der Waals surface area contributed by atoms with E-state index < -0.39 is 0 Å². The Balaban J connectivity index is 2.24. The van der Waals surface area contributed by atoms with E-state index >= 15 is 0 Å². The second kappa shape index (κ2) is 7.60. The molecule has 17 heavy (non-hydrogen) atoms. The Morgan fingerprint density at radius 3 is 3.06 bits per heavy atom. The summed E-state index contributed by atoms with van der Waals surface area (Å²) in [6.07, 6.45) is 5.24. The minimum Gasteiger partial charge on any atom is -0.356 e. The second-order valence-electron chi connectivity index (χ2n) is 3.78. The van der Waals surface area contributed by atoms with Crippen LogP contribution in [0.5, 0.6) is 0 Å². The van der Waals surface area contributed by atoms with E-state index in [1.54, 1.807) is 6.08 Å². The van der Waals surface area contributed by atoms with Crippen LogP contribution in [0.3, 0.4) is 0 Å². The van der Waals surface area contributed by atoms with Crippen LogP contribution in [0, 0.1) is 0 Å². The van der Waals surface area contributed by atoms with Gasteiger partial charge in [0.05, 0.1) is 0 Å². The molecule has 0 saturated heterocycles. The number of aromatic nitrogens is 2. The van der Waals surface area contributed by atoms with Crippen molar-refractivity contribution in [3.8, 4) is 0 Å². The quantitative estimate of drug-likeness (QED) is 0.551. The van der Waals surface area contributed by atoms with Crippen LogP contribution < -0.4 is 5.32 Å². The molecule has 0 bridgehead atoms. The van der Waals surface area contributed by atoms with Gasteiger partial charge in [-0.1, -0.05) is 18.2 Å². The van der Waals surface area contributed by atoms with Gasteiger partial charge in [0.1, 0.15) is 0 Å². The Morgan fingerprint density at radius 1 is 1.53 bits per heavy atom. The largest absolute Gasteiger partial charge is 0.356 e. The highest BCUT2D eigenvalue weighted by Crippen LogP contribution is 2.02. The highest BCUT2D eigenvalue weighted by Gasteiger charge is 2.08. The number of rotatable bonds is 8. The Labute approximate surface area is 101 Å². The molecule has 1 N–H and O–H groups in total. The first-order valence-electron chi connectivity index (χ1n) is 5.95. The molecule has 1 amide bonds. The lowest BCUT2D eigenvalue weighted by atomic mass is 10.3. The van der Waals surface area contributed by atoms with Crippen molar-refractivity contribution in [1.82, 2.24) is 15.5 Å². The van der Waals surface area contributed by atoms with Gasteiger partial charge in [-0.2, -0.15) is 4.98 Å². The highest BCUT2D eigenvalue weighted by molar-refractivity contribution is 5.75. The van der Waals surface area contributed by atoms with Crippen molar-refractivity contribution >= 4 is 5.91 Å². The number of nitrogens with zero attached hydrogens (tertiary/aromatic N) is 2. The molecule has 0 atom stereocenters. The summed E-state index contributed by atoms with van der Waals surface area (Å²) in [7, 11) is 0. The predicted octanol–water partition coefficient (Wildman–Crippen LogP) is 1.65. The summed E-state index contributed by atoms with van der Waals surface area (Å²) >= 11 is 0. The fourth-order valence-electron chi connectivity index (χ4n) is 1.34. The lowest BCUT2D eigenvalue weighted by Crippen LogP contribution is -2.24. The van der Waals surface area contributed by atoms with Crippen molar-refractivity contribution in [2.45, 2.75) is 39.0 Å². The number of hydrogen-bond acceptors (Lipinski definition) is 4. The first kappa shape index (κ1) is 13.4. The zero-order valence-corrected chi connectivity index (χ0v) is 10.2. The molecular weight excluding hydrogens is 218 g/mol. The van der Waals surface area contributed by atoms with Crippen molar-refractivity contribution in [2.75, 3.05) is 6.54 Å². The molecule has 0 aliphatic carbocycles. The lowest BCUT2D eigenvalue weighted by Gasteiger charge is -2.00. The van der Waals surface area contributed by atoms with Crippen LogP contribution in [0.15, 0.2) is 17.2 Å². The third-order valence-corrected chi connectivity index (χ3v) is 2.22. The molecule has 0 aromatic carbocycles. The monoisotopic (exact) mass is 237 g/mol. The van der Waals surface area contributed by atoms with E-state index in [1.807, 2.05) is 0 Å². The molecule has 0 saturated carbocycles. The average Bonchev–Trinajstić information content (AvgIpc) is 2.75. The minimum atomic E-state index is 0.00194. The molecule has 1 aromatic heterocycles. The summed E-state index contributed by atoms with van der Waals surface area (Å²) in [5.74, 6) is 1.25. The smallest absolute Gasteiger partial charge is 0.227 e. The molecule has 94 valence electrons. The van der Waals surface area contributed by atoms with E-state index in [4.69, 9.17) is 4.52 Å². The van der Waals surface area contributed by atoms with Crippen LogP contribution in [-0.2, 0) is 17.6 Å². The molecule has 0 fully saturated rings. The number of hydrogen-bond donors (Lipinski definition) is 1. The lowest BCUT2D eigenvalue weighted by molar-refractivity contribution is -0.121. The van der Waals surface area contributed by atoms with Crippen LogP contribution in [-0.4, -0.2) is 22.6 Å². The van der Waals surface area contributed by atoms with Crippen LogP contribution >= 0.6 is 0 Å². The molecular formula is C12H19N3O2. The zero-order chi connectivity index (χ0) is 12.5. The molecule has 5 nitrogen and oxygen atoms in total. The normalized spacial score (nSPS) is 10.2. The van der Waals surface area contributed by atoms with Gasteiger partial charge in [0, 0.05) is 25.8 Å². The first-order chi connectivity index (χ1) is 8.26. The van der Waals surface area contributed by atoms with Gasteiger partial charge in [0.15, 0.2) is 5.82 Å². The van der Waals surface area contributed by atoms with Crippen LogP contribution in [0.25, 0.3) is 0 Å². The number of carbonyl (C=O) groups is 1. The number of nitrogens with one attached hydrogen (secondary N) is 1. The molecule has 0 radical (unpaired) electrons. The highest BCUT2D eigenvalue weighted by atomic mass is 16.5. The van der Waals surface area contributed by atoms with Gasteiger partial charge < -0.3 is 9.84 Å². The van der Waals surface area contributed by atoms with E-state index in [9.17, 15) is 4.79 Å². The molecule has 5 heteroatoms. The Hall–Kier alpha value is -1.65. The number of amides is 1. The summed E-state index contributed by atoms with van der Waals surface area (Å²) < 4.78 is 5.04. The summed E-state index contributed by atoms with van der Waals surface area (Å²) in [5, 5.41) is 6.61. The van der Waals surface area contributed by atoms with Gasteiger partial charge in [-0.25, -0.2) is 0 Å². The maximum atomic E-state index is 11.4. The fraction of sp³-hybridized carbons (Fsp3) is 0.583. The number of aryl methyl sites for hydroxylation is 2. The molecule has 1 heterocycles. The van der Waals surface area contributed by atoms with E-state index in [2.05, 4.69) is 29.0 Å². The van der Waals surface area contributed by atoms with Crippen molar-refractivity contribution in [2.24, 2.45) is 0 Å². The van der Waals surface area contributed by atoms with E-state index in [-0.39, 0.29) is 5.91 Å². The maximum absolute atomic E-state index is 11.4. The Bertz CT molecular complexity index is 360. The Kier molecular flexibility index (Phi) is 5.99. The van der Waals surface area contributed by atoms with Crippen molar-refractivity contribution < 1.29 is 9.32 Å². The van der Waals surface area contributed by atoms with Gasteiger partial charge >= 0.3 is 0 Å². The van der Waals surface area contributed by atoms with Crippen LogP contribution in [0.2, 0.25) is 0 Å². The average molecular weight is 237 g/mol.